The number of sulfone groups is 1. The van der Waals surface area contributed by atoms with E-state index in [0.717, 1.165) is 28.3 Å². The van der Waals surface area contributed by atoms with Gasteiger partial charge in [0, 0.05) is 37.0 Å². The average Bonchev–Trinajstić information content (AvgIpc) is 4.19. The van der Waals surface area contributed by atoms with Gasteiger partial charge in [0.2, 0.25) is 39.3 Å². The minimum Gasteiger partial charge on any atom is -0.461 e. The lowest BCUT2D eigenvalue weighted by Gasteiger charge is -2.15. The van der Waals surface area contributed by atoms with Crippen molar-refractivity contribution in [3.63, 3.8) is 0 Å². The largest absolute Gasteiger partial charge is 0.461 e. The van der Waals surface area contributed by atoms with Gasteiger partial charge in [-0.25, -0.2) is 17.2 Å². The normalized spacial score (nSPS) is 15.8. The number of aromatic nitrogens is 10. The molecule has 2 fully saturated rings. The SMILES string of the molecule is CS(=O)(=O)c1nc(N)n2nc(-c3ccco3)nc2n1.NCCc1ccc(C(=O)N2CC[C@H](F)C2)cc1.Nc1nc(NCCc2ccc(C(=O)N3CC[C@H](F)C3)cc2)nc2nc(-c3ccco3)nn12. The molecule has 0 spiro atoms. The summed E-state index contributed by atoms with van der Waals surface area (Å²) < 4.78 is 62.1. The van der Waals surface area contributed by atoms with Crippen LogP contribution in [0.4, 0.5) is 26.6 Å². The molecule has 68 heavy (non-hydrogen) atoms. The quantitative estimate of drug-likeness (QED) is 0.144. The number of halogens is 2. The minimum absolute atomic E-state index is 0.0410. The van der Waals surface area contributed by atoms with Crippen LogP contribution in [0.5, 0.6) is 0 Å². The van der Waals surface area contributed by atoms with Crippen LogP contribution >= 0.6 is 0 Å². The molecule has 25 heteroatoms. The summed E-state index contributed by atoms with van der Waals surface area (Å²) in [4.78, 5) is 52.0. The molecule has 354 valence electrons. The summed E-state index contributed by atoms with van der Waals surface area (Å²) in [6.45, 7) is 2.54. The number of anilines is 3. The van der Waals surface area contributed by atoms with Crippen LogP contribution in [0.2, 0.25) is 0 Å². The Bertz CT molecular complexity index is 3110. The maximum Gasteiger partial charge on any atom is 0.259 e. The molecule has 2 amide bonds. The number of nitrogen functional groups attached to an aromatic ring is 2. The smallest absolute Gasteiger partial charge is 0.259 e. The number of hydrogen-bond donors (Lipinski definition) is 4. The fourth-order valence-corrected chi connectivity index (χ4v) is 7.65. The van der Waals surface area contributed by atoms with Gasteiger partial charge in [-0.3, -0.25) is 9.59 Å². The number of carbonyl (C=O) groups excluding carboxylic acids is 2. The fraction of sp³-hybridized carbons (Fsp3) is 0.302. The van der Waals surface area contributed by atoms with Crippen molar-refractivity contribution in [2.75, 3.05) is 62.3 Å². The summed E-state index contributed by atoms with van der Waals surface area (Å²) in [6.07, 6.45) is 4.57. The molecule has 2 atom stereocenters. The van der Waals surface area contributed by atoms with Gasteiger partial charge in [0.15, 0.2) is 11.5 Å². The second-order valence-electron chi connectivity index (χ2n) is 15.7. The van der Waals surface area contributed by atoms with Crippen molar-refractivity contribution in [1.82, 2.24) is 58.9 Å². The van der Waals surface area contributed by atoms with Gasteiger partial charge in [0.1, 0.15) is 12.3 Å². The van der Waals surface area contributed by atoms with E-state index in [2.05, 4.69) is 45.4 Å². The third kappa shape index (κ3) is 11.0. The number of furan rings is 2. The maximum atomic E-state index is 13.3. The van der Waals surface area contributed by atoms with Crippen LogP contribution in [0.3, 0.4) is 0 Å². The summed E-state index contributed by atoms with van der Waals surface area (Å²) in [5.74, 6) is 2.08. The van der Waals surface area contributed by atoms with Gasteiger partial charge in [-0.15, -0.1) is 10.2 Å². The number of hydrogen-bond acceptors (Lipinski definition) is 18. The van der Waals surface area contributed by atoms with Gasteiger partial charge in [0.05, 0.1) is 25.6 Å². The lowest BCUT2D eigenvalue weighted by molar-refractivity contribution is 0.0776. The molecule has 2 aromatic carbocycles. The van der Waals surface area contributed by atoms with Crippen molar-refractivity contribution in [2.45, 2.75) is 43.2 Å². The van der Waals surface area contributed by atoms with E-state index in [0.29, 0.717) is 85.6 Å². The third-order valence-electron chi connectivity index (χ3n) is 10.6. The molecule has 2 aliphatic rings. The lowest BCUT2D eigenvalue weighted by atomic mass is 10.1. The van der Waals surface area contributed by atoms with E-state index in [1.165, 1.54) is 17.0 Å². The molecule has 22 nitrogen and oxygen atoms in total. The number of nitrogens with zero attached hydrogens (tertiary/aromatic N) is 12. The Balaban J connectivity index is 0.000000148. The van der Waals surface area contributed by atoms with Crippen LogP contribution in [0.1, 0.15) is 44.7 Å². The zero-order valence-corrected chi connectivity index (χ0v) is 37.3. The Labute approximate surface area is 386 Å². The standard InChI is InChI=1S/C21H21FN8O2.C13H17FN2O.C9H8N6O3S/c22-15-8-10-29(12-15)18(31)14-5-3-13(4-6-14)7-9-24-20-26-19(23)30-21(27-20)25-17(28-30)16-2-1-11-32-16;14-12-6-8-16(9-12)13(17)11-3-1-10(2-4-11)5-7-15;1-19(16,17)9-12-7(10)15-8(13-9)11-6(14-15)5-3-2-4-18-5/h1-6,11,15H,7-10,12H2,(H3,23,24,25,26,27,28);1-4,12H,5-9,15H2;2-4H,1H3,(H2,10,11,12,13,14)/t15-;12-;/m00./s1. The highest BCUT2D eigenvalue weighted by Gasteiger charge is 2.28. The van der Waals surface area contributed by atoms with Gasteiger partial charge >= 0.3 is 0 Å². The number of likely N-dealkylation sites (tertiary alicyclic amines) is 2. The Morgan fingerprint density at radius 2 is 1.18 bits per heavy atom. The molecule has 10 rings (SSSR count). The molecular formula is C43H46F2N16O6S. The highest BCUT2D eigenvalue weighted by molar-refractivity contribution is 7.90. The molecule has 8 aromatic rings. The zero-order chi connectivity index (χ0) is 48.0. The van der Waals surface area contributed by atoms with Crippen LogP contribution < -0.4 is 22.5 Å². The van der Waals surface area contributed by atoms with Crippen LogP contribution in [-0.2, 0) is 22.7 Å². The van der Waals surface area contributed by atoms with E-state index < -0.39 is 27.3 Å². The van der Waals surface area contributed by atoms with Crippen LogP contribution in [0.15, 0.2) is 99.3 Å². The highest BCUT2D eigenvalue weighted by atomic mass is 32.2. The van der Waals surface area contributed by atoms with Crippen LogP contribution in [-0.4, -0.2) is 137 Å². The predicted octanol–water partition coefficient (Wildman–Crippen LogP) is 3.34. The summed E-state index contributed by atoms with van der Waals surface area (Å²) in [5.41, 5.74) is 20.4. The number of benzene rings is 2. The van der Waals surface area contributed by atoms with E-state index in [1.807, 2.05) is 24.3 Å². The first-order valence-electron chi connectivity index (χ1n) is 21.3. The second kappa shape index (κ2) is 20.3. The summed E-state index contributed by atoms with van der Waals surface area (Å²) in [5, 5.41) is 11.0. The molecule has 0 saturated carbocycles. The molecule has 0 aliphatic carbocycles. The molecule has 2 saturated heterocycles. The first-order chi connectivity index (χ1) is 32.7. The minimum atomic E-state index is -3.57. The monoisotopic (exact) mass is 952 g/mol. The Kier molecular flexibility index (Phi) is 13.9. The molecular weight excluding hydrogens is 907 g/mol. The molecule has 0 bridgehead atoms. The Morgan fingerprint density at radius 1 is 0.691 bits per heavy atom. The first-order valence-corrected chi connectivity index (χ1v) is 23.2. The van der Waals surface area contributed by atoms with Crippen LogP contribution in [0.25, 0.3) is 34.7 Å². The zero-order valence-electron chi connectivity index (χ0n) is 36.5. The number of rotatable bonds is 11. The molecule has 7 N–H and O–H groups in total. The van der Waals surface area contributed by atoms with E-state index >= 15 is 0 Å². The van der Waals surface area contributed by atoms with Crippen molar-refractivity contribution in [3.05, 3.63) is 108 Å². The van der Waals surface area contributed by atoms with E-state index in [-0.39, 0.29) is 48.4 Å². The lowest BCUT2D eigenvalue weighted by Crippen LogP contribution is -2.28. The molecule has 2 aliphatic heterocycles. The summed E-state index contributed by atoms with van der Waals surface area (Å²) in [7, 11) is -3.57. The number of amides is 2. The second-order valence-corrected chi connectivity index (χ2v) is 17.6. The first kappa shape index (κ1) is 46.6. The topological polar surface area (TPSA) is 303 Å². The third-order valence-corrected chi connectivity index (χ3v) is 11.5. The Morgan fingerprint density at radius 3 is 1.62 bits per heavy atom. The van der Waals surface area contributed by atoms with Crippen molar-refractivity contribution >= 4 is 51.1 Å². The highest BCUT2D eigenvalue weighted by Crippen LogP contribution is 2.21. The van der Waals surface area contributed by atoms with Crippen molar-refractivity contribution in [2.24, 2.45) is 5.73 Å². The number of nitrogens with two attached hydrogens (primary N) is 3. The maximum absolute atomic E-state index is 13.3. The van der Waals surface area contributed by atoms with Crippen molar-refractivity contribution in [3.8, 4) is 23.2 Å². The van der Waals surface area contributed by atoms with E-state index in [1.54, 1.807) is 58.3 Å². The molecule has 0 radical (unpaired) electrons. The summed E-state index contributed by atoms with van der Waals surface area (Å²) >= 11 is 0. The van der Waals surface area contributed by atoms with Gasteiger partial charge in [-0.05, 0) is 91.9 Å². The average molecular weight is 953 g/mol. The number of nitrogens with one attached hydrogen (secondary N) is 1. The molecule has 8 heterocycles. The van der Waals surface area contributed by atoms with Gasteiger partial charge in [-0.2, -0.15) is 38.9 Å². The van der Waals surface area contributed by atoms with Crippen LogP contribution in [0, 0.1) is 0 Å². The van der Waals surface area contributed by atoms with Gasteiger partial charge in [-0.1, -0.05) is 24.3 Å². The fourth-order valence-electron chi connectivity index (χ4n) is 7.14. The van der Waals surface area contributed by atoms with E-state index in [4.69, 9.17) is 26.0 Å². The molecule has 6 aromatic heterocycles. The van der Waals surface area contributed by atoms with Crippen molar-refractivity contribution in [1.29, 1.82) is 0 Å². The van der Waals surface area contributed by atoms with Gasteiger partial charge in [0.25, 0.3) is 28.5 Å². The van der Waals surface area contributed by atoms with Gasteiger partial charge < -0.3 is 41.2 Å². The van der Waals surface area contributed by atoms with E-state index in [9.17, 15) is 26.8 Å². The molecule has 0 unspecified atom stereocenters. The Hall–Kier alpha value is -7.93. The number of carbonyl (C=O) groups is 2. The number of fused-ring (bicyclic) bond motifs is 2. The number of alkyl halides is 2. The van der Waals surface area contributed by atoms with Crippen molar-refractivity contribution < 1.29 is 35.6 Å². The summed E-state index contributed by atoms with van der Waals surface area (Å²) in [6, 6.07) is 21.6. The predicted molar refractivity (Wildman–Crippen MR) is 243 cm³/mol.